The molecule has 0 spiro atoms. The molecule has 2 aliphatic heterocycles. The summed E-state index contributed by atoms with van der Waals surface area (Å²) in [6, 6.07) is 15.2. The van der Waals surface area contributed by atoms with Gasteiger partial charge in [0.05, 0.1) is 0 Å². The summed E-state index contributed by atoms with van der Waals surface area (Å²) in [5.74, 6) is 0. The number of thiophene rings is 1. The van der Waals surface area contributed by atoms with E-state index in [-0.39, 0.29) is 6.03 Å². The molecule has 0 aliphatic carbocycles. The van der Waals surface area contributed by atoms with Crippen LogP contribution in [0.2, 0.25) is 0 Å². The van der Waals surface area contributed by atoms with Gasteiger partial charge in [0, 0.05) is 43.1 Å². The molecule has 24 heavy (non-hydrogen) atoms. The zero-order chi connectivity index (χ0) is 16.4. The lowest BCUT2D eigenvalue weighted by molar-refractivity contribution is 0.0845. The van der Waals surface area contributed by atoms with E-state index < -0.39 is 0 Å². The predicted octanol–water partition coefficient (Wildman–Crippen LogP) is 3.31. The molecule has 2 fully saturated rings. The lowest BCUT2D eigenvalue weighted by Gasteiger charge is -2.40. The Hall–Kier alpha value is -1.85. The summed E-state index contributed by atoms with van der Waals surface area (Å²) in [6.45, 7) is 3.61. The summed E-state index contributed by atoms with van der Waals surface area (Å²) in [5, 5.41) is 5.24. The number of nitrogens with one attached hydrogen (secondary N) is 1. The second-order valence-electron chi connectivity index (χ2n) is 6.71. The second kappa shape index (κ2) is 6.95. The molecule has 0 saturated carbocycles. The lowest BCUT2D eigenvalue weighted by Crippen LogP contribution is -2.57. The molecular formula is C19H23N3OS. The number of amides is 2. The van der Waals surface area contributed by atoms with Gasteiger partial charge in [0.15, 0.2) is 0 Å². The molecule has 2 aliphatic rings. The van der Waals surface area contributed by atoms with Gasteiger partial charge < -0.3 is 10.2 Å². The Balaban J connectivity index is 1.34. The molecule has 2 unspecified atom stereocenters. The summed E-state index contributed by atoms with van der Waals surface area (Å²) in [6.07, 6.45) is 2.26. The van der Waals surface area contributed by atoms with Crippen molar-refractivity contribution in [2.24, 2.45) is 0 Å². The Morgan fingerprint density at radius 1 is 1.08 bits per heavy atom. The van der Waals surface area contributed by atoms with Crippen molar-refractivity contribution in [1.82, 2.24) is 15.1 Å². The number of hydrogen-bond donors (Lipinski definition) is 1. The molecule has 5 heteroatoms. The zero-order valence-electron chi connectivity index (χ0n) is 13.7. The summed E-state index contributed by atoms with van der Waals surface area (Å²) >= 11 is 1.82. The molecule has 1 N–H and O–H groups in total. The van der Waals surface area contributed by atoms with Crippen molar-refractivity contribution in [3.63, 3.8) is 0 Å². The number of likely N-dealkylation sites (tertiary alicyclic amines) is 1. The maximum Gasteiger partial charge on any atom is 0.318 e. The van der Waals surface area contributed by atoms with Crippen LogP contribution in [0.15, 0.2) is 47.8 Å². The van der Waals surface area contributed by atoms with Crippen LogP contribution in [0.3, 0.4) is 0 Å². The molecule has 2 bridgehead atoms. The summed E-state index contributed by atoms with van der Waals surface area (Å²) in [5.41, 5.74) is 1.15. The molecule has 2 aromatic rings. The fourth-order valence-electron chi connectivity index (χ4n) is 3.94. The number of carbonyl (C=O) groups excluding carboxylic acids is 1. The number of nitrogens with zero attached hydrogens (tertiary/aromatic N) is 2. The molecule has 2 saturated heterocycles. The van der Waals surface area contributed by atoms with Gasteiger partial charge in [-0.1, -0.05) is 36.4 Å². The first kappa shape index (κ1) is 15.7. The van der Waals surface area contributed by atoms with Crippen LogP contribution in [-0.2, 0) is 13.1 Å². The number of urea groups is 1. The van der Waals surface area contributed by atoms with Crippen LogP contribution in [-0.4, -0.2) is 41.0 Å². The first-order valence-electron chi connectivity index (χ1n) is 8.64. The Labute approximate surface area is 147 Å². The van der Waals surface area contributed by atoms with Crippen LogP contribution >= 0.6 is 11.3 Å². The summed E-state index contributed by atoms with van der Waals surface area (Å²) < 4.78 is 0. The number of fused-ring (bicyclic) bond motifs is 2. The number of benzene rings is 1. The van der Waals surface area contributed by atoms with Gasteiger partial charge in [-0.15, -0.1) is 11.3 Å². The van der Waals surface area contributed by atoms with Gasteiger partial charge in [-0.2, -0.15) is 0 Å². The minimum Gasteiger partial charge on any atom is -0.334 e. The molecule has 1 aromatic heterocycles. The van der Waals surface area contributed by atoms with E-state index in [9.17, 15) is 4.79 Å². The van der Waals surface area contributed by atoms with Crippen molar-refractivity contribution < 1.29 is 4.79 Å². The third-order valence-electron chi connectivity index (χ3n) is 5.04. The largest absolute Gasteiger partial charge is 0.334 e. The molecule has 3 heterocycles. The van der Waals surface area contributed by atoms with Crippen LogP contribution < -0.4 is 5.32 Å². The maximum absolute atomic E-state index is 12.7. The van der Waals surface area contributed by atoms with Crippen molar-refractivity contribution in [3.05, 3.63) is 58.3 Å². The molecule has 4 rings (SSSR count). The SMILES string of the molecule is O=C(NCc1ccccc1)N1C2CCC1CN(Cc1cccs1)C2. The smallest absolute Gasteiger partial charge is 0.318 e. The molecule has 1 aromatic carbocycles. The molecule has 2 amide bonds. The highest BCUT2D eigenvalue weighted by molar-refractivity contribution is 7.09. The van der Waals surface area contributed by atoms with Crippen LogP contribution in [0.4, 0.5) is 4.79 Å². The average molecular weight is 341 g/mol. The Bertz CT molecular complexity index is 659. The van der Waals surface area contributed by atoms with Gasteiger partial charge >= 0.3 is 6.03 Å². The lowest BCUT2D eigenvalue weighted by atomic mass is 10.2. The van der Waals surface area contributed by atoms with Gasteiger partial charge in [-0.05, 0) is 29.9 Å². The topological polar surface area (TPSA) is 35.6 Å². The molecule has 4 nitrogen and oxygen atoms in total. The van der Waals surface area contributed by atoms with Crippen molar-refractivity contribution >= 4 is 17.4 Å². The normalized spacial score (nSPS) is 23.4. The van der Waals surface area contributed by atoms with Crippen LogP contribution in [0.1, 0.15) is 23.3 Å². The number of carbonyl (C=O) groups is 1. The first-order chi connectivity index (χ1) is 11.8. The Morgan fingerprint density at radius 3 is 2.50 bits per heavy atom. The van der Waals surface area contributed by atoms with E-state index in [2.05, 4.69) is 32.6 Å². The van der Waals surface area contributed by atoms with Crippen molar-refractivity contribution in [2.75, 3.05) is 13.1 Å². The predicted molar refractivity (Wildman–Crippen MR) is 96.9 cm³/mol. The molecular weight excluding hydrogens is 318 g/mol. The van der Waals surface area contributed by atoms with E-state index in [1.807, 2.05) is 41.7 Å². The average Bonchev–Trinajstić information content (AvgIpc) is 3.20. The number of piperazine rings is 1. The molecule has 126 valence electrons. The number of rotatable bonds is 4. The molecule has 0 radical (unpaired) electrons. The van der Waals surface area contributed by atoms with Crippen molar-refractivity contribution in [3.8, 4) is 0 Å². The second-order valence-corrected chi connectivity index (χ2v) is 7.74. The van der Waals surface area contributed by atoms with Gasteiger partial charge in [0.2, 0.25) is 0 Å². The van der Waals surface area contributed by atoms with Crippen molar-refractivity contribution in [2.45, 2.75) is 38.0 Å². The Kier molecular flexibility index (Phi) is 4.54. The summed E-state index contributed by atoms with van der Waals surface area (Å²) in [4.78, 5) is 18.7. The minimum atomic E-state index is 0.0992. The minimum absolute atomic E-state index is 0.0992. The van der Waals surface area contributed by atoms with Crippen molar-refractivity contribution in [1.29, 1.82) is 0 Å². The van der Waals surface area contributed by atoms with Gasteiger partial charge in [0.1, 0.15) is 0 Å². The monoisotopic (exact) mass is 341 g/mol. The van der Waals surface area contributed by atoms with E-state index in [1.165, 1.54) is 4.88 Å². The van der Waals surface area contributed by atoms with Crippen LogP contribution in [0.25, 0.3) is 0 Å². The van der Waals surface area contributed by atoms with Crippen LogP contribution in [0.5, 0.6) is 0 Å². The highest BCUT2D eigenvalue weighted by Gasteiger charge is 2.42. The van der Waals surface area contributed by atoms with E-state index in [0.717, 1.165) is 38.0 Å². The molecule has 2 atom stereocenters. The summed E-state index contributed by atoms with van der Waals surface area (Å²) in [7, 11) is 0. The maximum atomic E-state index is 12.7. The van der Waals surface area contributed by atoms with Gasteiger partial charge in [-0.25, -0.2) is 4.79 Å². The van der Waals surface area contributed by atoms with E-state index in [4.69, 9.17) is 0 Å². The van der Waals surface area contributed by atoms with Gasteiger partial charge in [0.25, 0.3) is 0 Å². The fraction of sp³-hybridized carbons (Fsp3) is 0.421. The highest BCUT2D eigenvalue weighted by atomic mass is 32.1. The third-order valence-corrected chi connectivity index (χ3v) is 5.90. The zero-order valence-corrected chi connectivity index (χ0v) is 14.5. The first-order valence-corrected chi connectivity index (χ1v) is 9.52. The fourth-order valence-corrected chi connectivity index (χ4v) is 4.68. The standard InChI is InChI=1S/C19H23N3OS/c23-19(20-11-15-5-2-1-3-6-15)22-16-8-9-17(22)13-21(12-16)14-18-7-4-10-24-18/h1-7,10,16-17H,8-9,11-14H2,(H,20,23). The van der Waals surface area contributed by atoms with E-state index in [0.29, 0.717) is 18.6 Å². The number of hydrogen-bond acceptors (Lipinski definition) is 3. The Morgan fingerprint density at radius 2 is 1.83 bits per heavy atom. The van der Waals surface area contributed by atoms with Crippen LogP contribution in [0, 0.1) is 0 Å². The third kappa shape index (κ3) is 3.32. The quantitative estimate of drug-likeness (QED) is 0.926. The van der Waals surface area contributed by atoms with Gasteiger partial charge in [-0.3, -0.25) is 4.90 Å². The highest BCUT2D eigenvalue weighted by Crippen LogP contribution is 2.31. The van der Waals surface area contributed by atoms with E-state index in [1.54, 1.807) is 0 Å². The van der Waals surface area contributed by atoms with E-state index >= 15 is 0 Å².